The Labute approximate surface area is 242 Å². The summed E-state index contributed by atoms with van der Waals surface area (Å²) in [5.74, 6) is 0.690. The minimum absolute atomic E-state index is 0.00247. The zero-order chi connectivity index (χ0) is 28.3. The molecule has 0 saturated heterocycles. The zero-order valence-corrected chi connectivity index (χ0v) is 24.1. The van der Waals surface area contributed by atoms with Crippen molar-refractivity contribution in [1.82, 2.24) is 14.5 Å². The van der Waals surface area contributed by atoms with Crippen molar-refractivity contribution in [3.63, 3.8) is 0 Å². The molecule has 3 fully saturated rings. The second kappa shape index (κ2) is 9.93. The third-order valence-corrected chi connectivity index (χ3v) is 9.42. The summed E-state index contributed by atoms with van der Waals surface area (Å²) in [6, 6.07) is 11.5. The van der Waals surface area contributed by atoms with Crippen LogP contribution in [0.25, 0.3) is 5.69 Å². The molecule has 7 rings (SSSR count). The maximum atomic E-state index is 14.2. The number of esters is 1. The molecule has 2 bridgehead atoms. The summed E-state index contributed by atoms with van der Waals surface area (Å²) in [5, 5.41) is 0.698. The van der Waals surface area contributed by atoms with Crippen LogP contribution >= 0.6 is 23.2 Å². The molecule has 4 aliphatic rings. The van der Waals surface area contributed by atoms with Gasteiger partial charge >= 0.3 is 5.97 Å². The predicted octanol–water partition coefficient (Wildman–Crippen LogP) is 5.29. The number of benzene rings is 2. The summed E-state index contributed by atoms with van der Waals surface area (Å²) in [6.07, 6.45) is 3.61. The van der Waals surface area contributed by atoms with Gasteiger partial charge in [-0.1, -0.05) is 23.2 Å². The number of halogens is 2. The third-order valence-electron chi connectivity index (χ3n) is 8.68. The van der Waals surface area contributed by atoms with Gasteiger partial charge in [0.25, 0.3) is 11.5 Å². The Kier molecular flexibility index (Phi) is 6.66. The van der Waals surface area contributed by atoms with E-state index in [1.807, 2.05) is 14.0 Å². The Hall–Kier alpha value is -3.36. The average Bonchev–Trinajstić information content (AvgIpc) is 2.88. The normalized spacial score (nSPS) is 22.6. The predicted molar refractivity (Wildman–Crippen MR) is 154 cm³/mol. The van der Waals surface area contributed by atoms with Crippen LogP contribution in [0.2, 0.25) is 10.0 Å². The fourth-order valence-corrected chi connectivity index (χ4v) is 6.49. The van der Waals surface area contributed by atoms with Gasteiger partial charge < -0.3 is 14.5 Å². The van der Waals surface area contributed by atoms with Gasteiger partial charge in [0.1, 0.15) is 0 Å². The summed E-state index contributed by atoms with van der Waals surface area (Å²) in [7, 11) is 2.00. The highest BCUT2D eigenvalue weighted by Gasteiger charge is 2.60. The van der Waals surface area contributed by atoms with E-state index < -0.39 is 5.97 Å². The van der Waals surface area contributed by atoms with Gasteiger partial charge in [0, 0.05) is 29.8 Å². The summed E-state index contributed by atoms with van der Waals surface area (Å²) in [5.41, 5.74) is 2.52. The van der Waals surface area contributed by atoms with Crippen LogP contribution in [-0.2, 0) is 17.7 Å². The van der Waals surface area contributed by atoms with Gasteiger partial charge in [0.15, 0.2) is 0 Å². The van der Waals surface area contributed by atoms with Gasteiger partial charge in [-0.25, -0.2) is 14.3 Å². The Morgan fingerprint density at radius 2 is 1.75 bits per heavy atom. The van der Waals surface area contributed by atoms with Gasteiger partial charge in [-0.3, -0.25) is 9.59 Å². The first kappa shape index (κ1) is 26.8. The number of fused-ring (bicyclic) bond motifs is 1. The first-order chi connectivity index (χ1) is 19.1. The first-order valence-electron chi connectivity index (χ1n) is 13.5. The summed E-state index contributed by atoms with van der Waals surface area (Å²) < 4.78 is 6.77. The van der Waals surface area contributed by atoms with Crippen molar-refractivity contribution in [2.24, 2.45) is 5.92 Å². The molecule has 1 amide bonds. The first-order valence-corrected chi connectivity index (χ1v) is 14.3. The van der Waals surface area contributed by atoms with Crippen molar-refractivity contribution < 1.29 is 14.3 Å². The number of anilines is 1. The Balaban J connectivity index is 1.41. The van der Waals surface area contributed by atoms with Crippen molar-refractivity contribution in [1.29, 1.82) is 0 Å². The molecule has 1 aromatic heterocycles. The van der Waals surface area contributed by atoms with E-state index in [0.29, 0.717) is 50.5 Å². The summed E-state index contributed by atoms with van der Waals surface area (Å²) in [4.78, 5) is 48.8. The van der Waals surface area contributed by atoms with Gasteiger partial charge in [-0.2, -0.15) is 0 Å². The van der Waals surface area contributed by atoms with Gasteiger partial charge in [0.05, 0.1) is 40.1 Å². The lowest BCUT2D eigenvalue weighted by Gasteiger charge is -2.65. The van der Waals surface area contributed by atoms with E-state index in [9.17, 15) is 14.4 Å². The van der Waals surface area contributed by atoms with Gasteiger partial charge in [-0.05, 0) is 87.9 Å². The van der Waals surface area contributed by atoms with E-state index in [1.54, 1.807) is 58.9 Å². The maximum Gasteiger partial charge on any atom is 0.338 e. The molecule has 0 unspecified atom stereocenters. The van der Waals surface area contributed by atoms with Crippen LogP contribution in [0.1, 0.15) is 65.1 Å². The van der Waals surface area contributed by atoms with Crippen molar-refractivity contribution in [2.75, 3.05) is 18.6 Å². The molecule has 0 radical (unpaired) electrons. The molecule has 40 heavy (non-hydrogen) atoms. The lowest BCUT2D eigenvalue weighted by atomic mass is 9.49. The standard InChI is InChI=1S/C30H30Cl2N4O4/c1-4-40-28(39)19-5-8-21(9-6-19)36-27(38)22-11-17(2)35(26(37)20-7-10-23(31)24(32)12-20)16-25(22)33-29(36)34(3)30-13-18(14-30)15-30/h5-10,12,17-18H,4,11,13-16H2,1-3H3/t17-,18?,30?/m1/s1. The van der Waals surface area contributed by atoms with Crippen LogP contribution in [0.3, 0.4) is 0 Å². The Bertz CT molecular complexity index is 1570. The van der Waals surface area contributed by atoms with Crippen LogP contribution in [0.5, 0.6) is 0 Å². The number of hydrogen-bond donors (Lipinski definition) is 0. The van der Waals surface area contributed by atoms with Gasteiger partial charge in [-0.15, -0.1) is 0 Å². The molecule has 10 heteroatoms. The minimum Gasteiger partial charge on any atom is -0.462 e. The van der Waals surface area contributed by atoms with Crippen molar-refractivity contribution in [3.05, 3.63) is 85.2 Å². The highest BCUT2D eigenvalue weighted by Crippen LogP contribution is 2.60. The van der Waals surface area contributed by atoms with Gasteiger partial charge in [0.2, 0.25) is 5.95 Å². The molecular formula is C30H30Cl2N4O4. The van der Waals surface area contributed by atoms with E-state index in [1.165, 1.54) is 0 Å². The number of hydrogen-bond acceptors (Lipinski definition) is 6. The molecule has 3 aromatic rings. The number of ether oxygens (including phenoxy) is 1. The molecule has 3 aliphatic carbocycles. The molecule has 0 spiro atoms. The summed E-state index contributed by atoms with van der Waals surface area (Å²) in [6.45, 7) is 4.19. The minimum atomic E-state index is -0.406. The van der Waals surface area contributed by atoms with Crippen LogP contribution in [0.15, 0.2) is 47.3 Å². The fraction of sp³-hybridized carbons (Fsp3) is 0.400. The maximum absolute atomic E-state index is 14.2. The van der Waals surface area contributed by atoms with E-state index in [2.05, 4.69) is 4.90 Å². The molecule has 208 valence electrons. The number of aromatic nitrogens is 2. The lowest BCUT2D eigenvalue weighted by molar-refractivity contribution is -0.0223. The topological polar surface area (TPSA) is 84.7 Å². The van der Waals surface area contributed by atoms with Crippen LogP contribution < -0.4 is 10.5 Å². The van der Waals surface area contributed by atoms with Crippen molar-refractivity contribution in [3.8, 4) is 5.69 Å². The Morgan fingerprint density at radius 3 is 2.35 bits per heavy atom. The van der Waals surface area contributed by atoms with Crippen molar-refractivity contribution in [2.45, 2.75) is 57.7 Å². The van der Waals surface area contributed by atoms with Crippen molar-refractivity contribution >= 4 is 41.0 Å². The quantitative estimate of drug-likeness (QED) is 0.368. The second-order valence-corrected chi connectivity index (χ2v) is 11.9. The molecule has 1 aliphatic heterocycles. The number of carbonyl (C=O) groups is 2. The Morgan fingerprint density at radius 1 is 1.07 bits per heavy atom. The molecular weight excluding hydrogens is 551 g/mol. The number of carbonyl (C=O) groups excluding carboxylic acids is 2. The van der Waals surface area contributed by atoms with E-state index in [-0.39, 0.29) is 36.2 Å². The highest BCUT2D eigenvalue weighted by atomic mass is 35.5. The molecule has 2 aromatic carbocycles. The largest absolute Gasteiger partial charge is 0.462 e. The molecule has 2 heterocycles. The second-order valence-electron chi connectivity index (χ2n) is 11.1. The van der Waals surface area contributed by atoms with Crippen LogP contribution in [0, 0.1) is 5.92 Å². The van der Waals surface area contributed by atoms with Crippen LogP contribution in [0.4, 0.5) is 5.95 Å². The van der Waals surface area contributed by atoms with E-state index in [0.717, 1.165) is 25.2 Å². The fourth-order valence-electron chi connectivity index (χ4n) is 6.19. The average molecular weight is 582 g/mol. The van der Waals surface area contributed by atoms with E-state index in [4.69, 9.17) is 32.9 Å². The molecule has 1 atom stereocenters. The monoisotopic (exact) mass is 580 g/mol. The lowest BCUT2D eigenvalue weighted by Crippen LogP contribution is -2.68. The number of nitrogens with zero attached hydrogens (tertiary/aromatic N) is 4. The molecule has 3 saturated carbocycles. The van der Waals surface area contributed by atoms with Crippen LogP contribution in [-0.4, -0.2) is 51.6 Å². The SMILES string of the molecule is CCOC(=O)c1ccc(-n2c(N(C)C34CC(C3)C4)nc3c(c2=O)C[C@@H](C)N(C(=O)c2ccc(Cl)c(Cl)c2)C3)cc1. The number of amides is 1. The number of rotatable bonds is 6. The zero-order valence-electron chi connectivity index (χ0n) is 22.6. The van der Waals surface area contributed by atoms with E-state index >= 15 is 0 Å². The highest BCUT2D eigenvalue weighted by molar-refractivity contribution is 6.42. The molecule has 8 nitrogen and oxygen atoms in total. The third kappa shape index (κ3) is 4.29. The summed E-state index contributed by atoms with van der Waals surface area (Å²) >= 11 is 12.2. The smallest absolute Gasteiger partial charge is 0.338 e. The molecule has 0 N–H and O–H groups in total.